The topological polar surface area (TPSA) is 32.5 Å². The van der Waals surface area contributed by atoms with E-state index in [9.17, 15) is 0 Å². The SMILES string of the molecule is CC1CN(C(CN)c2cc(Cl)ccc2Br)CC1N(C)C. The lowest BCUT2D eigenvalue weighted by Crippen LogP contribution is -2.36. The average Bonchev–Trinajstić information content (AvgIpc) is 2.76. The number of nitrogens with zero attached hydrogens (tertiary/aromatic N) is 2. The van der Waals surface area contributed by atoms with Crippen LogP contribution >= 0.6 is 27.5 Å². The second kappa shape index (κ2) is 6.75. The van der Waals surface area contributed by atoms with E-state index in [-0.39, 0.29) is 6.04 Å². The van der Waals surface area contributed by atoms with E-state index in [0.717, 1.165) is 22.6 Å². The molecule has 0 saturated carbocycles. The number of likely N-dealkylation sites (tertiary alicyclic amines) is 1. The molecule has 0 radical (unpaired) electrons. The van der Waals surface area contributed by atoms with Crippen molar-refractivity contribution in [3.05, 3.63) is 33.3 Å². The largest absolute Gasteiger partial charge is 0.329 e. The normalized spacial score (nSPS) is 25.4. The molecule has 0 spiro atoms. The monoisotopic (exact) mass is 359 g/mol. The summed E-state index contributed by atoms with van der Waals surface area (Å²) in [5, 5.41) is 0.762. The first-order valence-electron chi connectivity index (χ1n) is 6.99. The molecule has 1 saturated heterocycles. The zero-order valence-electron chi connectivity index (χ0n) is 12.3. The van der Waals surface area contributed by atoms with Gasteiger partial charge in [-0.3, -0.25) is 4.90 Å². The Hall–Kier alpha value is -0.130. The van der Waals surface area contributed by atoms with E-state index in [0.29, 0.717) is 18.5 Å². The van der Waals surface area contributed by atoms with Crippen LogP contribution < -0.4 is 5.73 Å². The third kappa shape index (κ3) is 3.37. The maximum Gasteiger partial charge on any atom is 0.0482 e. The summed E-state index contributed by atoms with van der Waals surface area (Å²) in [5.74, 6) is 0.650. The van der Waals surface area contributed by atoms with Crippen LogP contribution in [0.1, 0.15) is 18.5 Å². The molecule has 0 aliphatic carbocycles. The maximum atomic E-state index is 6.14. The highest BCUT2D eigenvalue weighted by atomic mass is 79.9. The number of nitrogens with two attached hydrogens (primary N) is 1. The summed E-state index contributed by atoms with van der Waals surface area (Å²) >= 11 is 9.77. The lowest BCUT2D eigenvalue weighted by Gasteiger charge is -2.29. The number of likely N-dealkylation sites (N-methyl/N-ethyl adjacent to an activating group) is 1. The molecule has 1 aliphatic rings. The van der Waals surface area contributed by atoms with E-state index < -0.39 is 0 Å². The van der Waals surface area contributed by atoms with Gasteiger partial charge < -0.3 is 10.6 Å². The molecular formula is C15H23BrClN3. The molecule has 1 fully saturated rings. The standard InChI is InChI=1S/C15H23BrClN3/c1-10-8-20(9-15(10)19(2)3)14(7-18)12-6-11(17)4-5-13(12)16/h4-6,10,14-15H,7-9,18H2,1-3H3. The van der Waals surface area contributed by atoms with E-state index in [4.69, 9.17) is 17.3 Å². The molecule has 1 aliphatic heterocycles. The molecule has 0 amide bonds. The van der Waals surface area contributed by atoms with Gasteiger partial charge in [0.15, 0.2) is 0 Å². The Labute approximate surface area is 135 Å². The van der Waals surface area contributed by atoms with E-state index in [1.807, 2.05) is 18.2 Å². The van der Waals surface area contributed by atoms with Gasteiger partial charge in [-0.2, -0.15) is 0 Å². The fourth-order valence-electron chi connectivity index (χ4n) is 3.16. The molecule has 2 rings (SSSR count). The van der Waals surface area contributed by atoms with Crippen LogP contribution in [0.3, 0.4) is 0 Å². The van der Waals surface area contributed by atoms with Gasteiger partial charge in [-0.1, -0.05) is 34.5 Å². The van der Waals surface area contributed by atoms with Crippen LogP contribution in [0, 0.1) is 5.92 Å². The van der Waals surface area contributed by atoms with Crippen molar-refractivity contribution in [1.82, 2.24) is 9.80 Å². The molecule has 1 aromatic rings. The maximum absolute atomic E-state index is 6.14. The van der Waals surface area contributed by atoms with Gasteiger partial charge in [0, 0.05) is 41.2 Å². The van der Waals surface area contributed by atoms with Crippen molar-refractivity contribution in [3.8, 4) is 0 Å². The first kappa shape index (κ1) is 16.2. The van der Waals surface area contributed by atoms with E-state index >= 15 is 0 Å². The van der Waals surface area contributed by atoms with E-state index in [2.05, 4.69) is 46.7 Å². The van der Waals surface area contributed by atoms with Gasteiger partial charge in [0.2, 0.25) is 0 Å². The highest BCUT2D eigenvalue weighted by molar-refractivity contribution is 9.10. The lowest BCUT2D eigenvalue weighted by molar-refractivity contribution is 0.219. The van der Waals surface area contributed by atoms with Crippen molar-refractivity contribution < 1.29 is 0 Å². The highest BCUT2D eigenvalue weighted by Crippen LogP contribution is 2.33. The Kier molecular flexibility index (Phi) is 5.49. The number of halogens is 2. The van der Waals surface area contributed by atoms with Crippen molar-refractivity contribution in [2.24, 2.45) is 11.7 Å². The highest BCUT2D eigenvalue weighted by Gasteiger charge is 2.35. The average molecular weight is 361 g/mol. The minimum Gasteiger partial charge on any atom is -0.329 e. The first-order valence-corrected chi connectivity index (χ1v) is 8.16. The molecule has 3 nitrogen and oxygen atoms in total. The first-order chi connectivity index (χ1) is 9.43. The fourth-order valence-corrected chi connectivity index (χ4v) is 3.85. The van der Waals surface area contributed by atoms with Crippen LogP contribution in [0.5, 0.6) is 0 Å². The summed E-state index contributed by atoms with van der Waals surface area (Å²) in [6.07, 6.45) is 0. The molecule has 3 unspecified atom stereocenters. The third-order valence-electron chi connectivity index (χ3n) is 4.25. The van der Waals surface area contributed by atoms with Gasteiger partial charge in [0.25, 0.3) is 0 Å². The zero-order chi connectivity index (χ0) is 14.9. The molecule has 0 bridgehead atoms. The van der Waals surface area contributed by atoms with Gasteiger partial charge in [0.05, 0.1) is 0 Å². The summed E-state index contributed by atoms with van der Waals surface area (Å²) in [5.41, 5.74) is 7.24. The van der Waals surface area contributed by atoms with Crippen LogP contribution in [0.4, 0.5) is 0 Å². The number of hydrogen-bond acceptors (Lipinski definition) is 3. The minimum atomic E-state index is 0.218. The van der Waals surface area contributed by atoms with Crippen LogP contribution in [-0.2, 0) is 0 Å². The Balaban J connectivity index is 2.23. The predicted molar refractivity (Wildman–Crippen MR) is 89.2 cm³/mol. The van der Waals surface area contributed by atoms with Gasteiger partial charge in [-0.05, 0) is 43.8 Å². The van der Waals surface area contributed by atoms with Crippen molar-refractivity contribution in [1.29, 1.82) is 0 Å². The molecule has 112 valence electrons. The Morgan fingerprint density at radius 2 is 2.15 bits per heavy atom. The second-order valence-electron chi connectivity index (χ2n) is 5.88. The Bertz CT molecular complexity index is 466. The molecule has 1 aromatic carbocycles. The third-order valence-corrected chi connectivity index (χ3v) is 5.20. The zero-order valence-corrected chi connectivity index (χ0v) is 14.7. The minimum absolute atomic E-state index is 0.218. The second-order valence-corrected chi connectivity index (χ2v) is 7.17. The Morgan fingerprint density at radius 1 is 1.45 bits per heavy atom. The van der Waals surface area contributed by atoms with Crippen LogP contribution in [0.15, 0.2) is 22.7 Å². The van der Waals surface area contributed by atoms with Crippen LogP contribution in [0.25, 0.3) is 0 Å². The van der Waals surface area contributed by atoms with Crippen molar-refractivity contribution in [2.45, 2.75) is 19.0 Å². The number of hydrogen-bond donors (Lipinski definition) is 1. The van der Waals surface area contributed by atoms with Crippen LogP contribution in [-0.4, -0.2) is 49.6 Å². The summed E-state index contributed by atoms with van der Waals surface area (Å²) in [6, 6.07) is 6.73. The molecule has 0 aromatic heterocycles. The van der Waals surface area contributed by atoms with Crippen LogP contribution in [0.2, 0.25) is 5.02 Å². The number of benzene rings is 1. The van der Waals surface area contributed by atoms with Gasteiger partial charge in [0.1, 0.15) is 0 Å². The quantitative estimate of drug-likeness (QED) is 0.896. The summed E-state index contributed by atoms with van der Waals surface area (Å²) in [4.78, 5) is 4.79. The molecule has 3 atom stereocenters. The summed E-state index contributed by atoms with van der Waals surface area (Å²) < 4.78 is 1.08. The van der Waals surface area contributed by atoms with Gasteiger partial charge in [-0.25, -0.2) is 0 Å². The summed E-state index contributed by atoms with van der Waals surface area (Å²) in [6.45, 7) is 5.04. The number of rotatable bonds is 4. The van der Waals surface area contributed by atoms with Crippen molar-refractivity contribution >= 4 is 27.5 Å². The molecule has 1 heterocycles. The Morgan fingerprint density at radius 3 is 2.70 bits per heavy atom. The molecule has 20 heavy (non-hydrogen) atoms. The lowest BCUT2D eigenvalue weighted by atomic mass is 10.1. The van der Waals surface area contributed by atoms with Gasteiger partial charge in [-0.15, -0.1) is 0 Å². The molecule has 5 heteroatoms. The van der Waals surface area contributed by atoms with Crippen molar-refractivity contribution in [3.63, 3.8) is 0 Å². The predicted octanol–water partition coefficient (Wildman–Crippen LogP) is 2.98. The van der Waals surface area contributed by atoms with Crippen molar-refractivity contribution in [2.75, 3.05) is 33.7 Å². The summed E-state index contributed by atoms with van der Waals surface area (Å²) in [7, 11) is 4.30. The molecular weight excluding hydrogens is 338 g/mol. The molecule has 2 N–H and O–H groups in total. The van der Waals surface area contributed by atoms with E-state index in [1.54, 1.807) is 0 Å². The van der Waals surface area contributed by atoms with Gasteiger partial charge >= 0.3 is 0 Å². The fraction of sp³-hybridized carbons (Fsp3) is 0.600. The van der Waals surface area contributed by atoms with E-state index in [1.165, 1.54) is 5.56 Å². The smallest absolute Gasteiger partial charge is 0.0482 e.